The van der Waals surface area contributed by atoms with Crippen LogP contribution in [0.5, 0.6) is 5.75 Å². The second kappa shape index (κ2) is 5.88. The van der Waals surface area contributed by atoms with E-state index in [2.05, 4.69) is 10.4 Å². The van der Waals surface area contributed by atoms with E-state index in [-0.39, 0.29) is 11.8 Å². The Hall–Kier alpha value is -3.02. The summed E-state index contributed by atoms with van der Waals surface area (Å²) in [5.74, 6) is 2.25. The maximum atomic E-state index is 12.2. The Morgan fingerprint density at radius 1 is 1.38 bits per heavy atom. The lowest BCUT2D eigenvalue weighted by Gasteiger charge is -2.24. The van der Waals surface area contributed by atoms with Crippen molar-refractivity contribution < 1.29 is 13.9 Å². The van der Waals surface area contributed by atoms with Crippen LogP contribution in [0.1, 0.15) is 29.2 Å². The summed E-state index contributed by atoms with van der Waals surface area (Å²) in [6.07, 6.45) is 3.84. The highest BCUT2D eigenvalue weighted by molar-refractivity contribution is 5.94. The first-order chi connectivity index (χ1) is 11.7. The molecule has 4 rings (SSSR count). The summed E-state index contributed by atoms with van der Waals surface area (Å²) in [6.45, 7) is 0.480. The molecule has 122 valence electrons. The lowest BCUT2D eigenvalue weighted by molar-refractivity contribution is -0.116. The summed E-state index contributed by atoms with van der Waals surface area (Å²) in [5, 5.41) is 7.37. The Kier molecular flexibility index (Phi) is 3.57. The van der Waals surface area contributed by atoms with E-state index in [1.54, 1.807) is 18.1 Å². The lowest BCUT2D eigenvalue weighted by Crippen LogP contribution is -2.25. The first kappa shape index (κ1) is 14.6. The minimum Gasteiger partial charge on any atom is -0.497 e. The highest BCUT2D eigenvalue weighted by Gasteiger charge is 2.30. The second-order valence-electron chi connectivity index (χ2n) is 5.77. The van der Waals surface area contributed by atoms with Gasteiger partial charge in [-0.3, -0.25) is 4.79 Å². The number of aromatic nitrogens is 2. The second-order valence-corrected chi connectivity index (χ2v) is 5.77. The zero-order valence-electron chi connectivity index (χ0n) is 13.2. The molecule has 1 N–H and O–H groups in total. The fourth-order valence-corrected chi connectivity index (χ4v) is 3.10. The molecule has 3 aromatic rings. The Labute approximate surface area is 139 Å². The number of fused-ring (bicyclic) bond motifs is 1. The summed E-state index contributed by atoms with van der Waals surface area (Å²) in [5.41, 5.74) is 2.05. The molecule has 1 amide bonds. The summed E-state index contributed by atoms with van der Waals surface area (Å²) < 4.78 is 12.4. The van der Waals surface area contributed by atoms with E-state index < -0.39 is 0 Å². The van der Waals surface area contributed by atoms with Crippen LogP contribution in [0, 0.1) is 0 Å². The van der Waals surface area contributed by atoms with Gasteiger partial charge in [-0.25, -0.2) is 4.68 Å². The number of nitrogens with zero attached hydrogens (tertiary/aromatic N) is 2. The fourth-order valence-electron chi connectivity index (χ4n) is 3.10. The SMILES string of the molecule is COc1cccc(C2CC(=O)Nc3c2cnn3Cc2ccco2)c1. The first-order valence-electron chi connectivity index (χ1n) is 7.76. The molecule has 6 heteroatoms. The zero-order chi connectivity index (χ0) is 16.5. The standard InChI is InChI=1S/C18H17N3O3/c1-23-13-5-2-4-12(8-13)15-9-17(22)20-18-16(15)10-19-21(18)11-14-6-3-7-24-14/h2-8,10,15H,9,11H2,1H3,(H,20,22). The topological polar surface area (TPSA) is 69.3 Å². The normalized spacial score (nSPS) is 16.5. The molecule has 1 unspecified atom stereocenters. The number of hydrogen-bond acceptors (Lipinski definition) is 4. The number of furan rings is 1. The minimum absolute atomic E-state index is 0.0171. The third-order valence-electron chi connectivity index (χ3n) is 4.27. The average Bonchev–Trinajstić information content (AvgIpc) is 3.25. The van der Waals surface area contributed by atoms with Crippen molar-refractivity contribution in [1.29, 1.82) is 0 Å². The van der Waals surface area contributed by atoms with Crippen molar-refractivity contribution in [2.75, 3.05) is 12.4 Å². The highest BCUT2D eigenvalue weighted by Crippen LogP contribution is 2.38. The number of amides is 1. The van der Waals surface area contributed by atoms with Gasteiger partial charge in [0.15, 0.2) is 0 Å². The van der Waals surface area contributed by atoms with Gasteiger partial charge in [-0.1, -0.05) is 12.1 Å². The van der Waals surface area contributed by atoms with Gasteiger partial charge in [0.1, 0.15) is 23.9 Å². The van der Waals surface area contributed by atoms with E-state index in [9.17, 15) is 4.79 Å². The molecule has 0 radical (unpaired) electrons. The predicted molar refractivity (Wildman–Crippen MR) is 88.1 cm³/mol. The molecule has 0 fully saturated rings. The van der Waals surface area contributed by atoms with Crippen molar-refractivity contribution in [2.45, 2.75) is 18.9 Å². The molecular formula is C18H17N3O3. The van der Waals surface area contributed by atoms with Crippen LogP contribution >= 0.6 is 0 Å². The van der Waals surface area contributed by atoms with Crippen molar-refractivity contribution in [3.8, 4) is 5.75 Å². The largest absolute Gasteiger partial charge is 0.497 e. The molecule has 2 aromatic heterocycles. The molecule has 0 saturated carbocycles. The number of nitrogens with one attached hydrogen (secondary N) is 1. The van der Waals surface area contributed by atoms with E-state index in [0.29, 0.717) is 13.0 Å². The number of hydrogen-bond donors (Lipinski definition) is 1. The van der Waals surface area contributed by atoms with Crippen LogP contribution in [0.25, 0.3) is 0 Å². The lowest BCUT2D eigenvalue weighted by atomic mass is 9.87. The molecule has 0 saturated heterocycles. The summed E-state index contributed by atoms with van der Waals surface area (Å²) in [4.78, 5) is 12.2. The number of methoxy groups -OCH3 is 1. The Morgan fingerprint density at radius 3 is 3.08 bits per heavy atom. The molecule has 0 spiro atoms. The van der Waals surface area contributed by atoms with Crippen molar-refractivity contribution in [3.63, 3.8) is 0 Å². The van der Waals surface area contributed by atoms with E-state index >= 15 is 0 Å². The van der Waals surface area contributed by atoms with Crippen LogP contribution in [0.3, 0.4) is 0 Å². The number of ether oxygens (including phenoxy) is 1. The smallest absolute Gasteiger partial charge is 0.226 e. The van der Waals surface area contributed by atoms with Crippen LogP contribution in [0.15, 0.2) is 53.3 Å². The molecule has 0 aliphatic carbocycles. The molecule has 24 heavy (non-hydrogen) atoms. The van der Waals surface area contributed by atoms with Gasteiger partial charge < -0.3 is 14.5 Å². The van der Waals surface area contributed by atoms with Crippen molar-refractivity contribution in [3.05, 3.63) is 65.7 Å². The van der Waals surface area contributed by atoms with E-state index in [1.807, 2.05) is 42.6 Å². The molecule has 1 atom stereocenters. The van der Waals surface area contributed by atoms with Gasteiger partial charge >= 0.3 is 0 Å². The molecule has 6 nitrogen and oxygen atoms in total. The van der Waals surface area contributed by atoms with E-state index in [4.69, 9.17) is 9.15 Å². The van der Waals surface area contributed by atoms with Crippen LogP contribution in [0.4, 0.5) is 5.82 Å². The number of anilines is 1. The highest BCUT2D eigenvalue weighted by atomic mass is 16.5. The van der Waals surface area contributed by atoms with Gasteiger partial charge in [-0.05, 0) is 29.8 Å². The fraction of sp³-hybridized carbons (Fsp3) is 0.222. The van der Waals surface area contributed by atoms with Gasteiger partial charge in [0.05, 0.1) is 19.6 Å². The molecule has 1 aliphatic rings. The molecule has 1 aliphatic heterocycles. The summed E-state index contributed by atoms with van der Waals surface area (Å²) >= 11 is 0. The summed E-state index contributed by atoms with van der Waals surface area (Å²) in [6, 6.07) is 11.5. The average molecular weight is 323 g/mol. The van der Waals surface area contributed by atoms with Gasteiger partial charge in [-0.15, -0.1) is 0 Å². The number of carbonyl (C=O) groups excluding carboxylic acids is 1. The van der Waals surface area contributed by atoms with E-state index in [0.717, 1.165) is 28.5 Å². The molecule has 1 aromatic carbocycles. The van der Waals surface area contributed by atoms with Crippen LogP contribution in [-0.4, -0.2) is 22.8 Å². The van der Waals surface area contributed by atoms with Gasteiger partial charge in [0, 0.05) is 17.9 Å². The van der Waals surface area contributed by atoms with Crippen molar-refractivity contribution in [2.24, 2.45) is 0 Å². The minimum atomic E-state index is -0.0331. The Bertz CT molecular complexity index is 868. The number of benzene rings is 1. The Morgan fingerprint density at radius 2 is 2.29 bits per heavy atom. The third kappa shape index (κ3) is 2.56. The quantitative estimate of drug-likeness (QED) is 0.801. The molecule has 3 heterocycles. The van der Waals surface area contributed by atoms with Crippen LogP contribution < -0.4 is 10.1 Å². The van der Waals surface area contributed by atoms with E-state index in [1.165, 1.54) is 0 Å². The maximum Gasteiger partial charge on any atom is 0.226 e. The van der Waals surface area contributed by atoms with Crippen molar-refractivity contribution in [1.82, 2.24) is 9.78 Å². The first-order valence-corrected chi connectivity index (χ1v) is 7.76. The Balaban J connectivity index is 1.72. The summed E-state index contributed by atoms with van der Waals surface area (Å²) in [7, 11) is 1.64. The number of carbonyl (C=O) groups is 1. The van der Waals surface area contributed by atoms with Gasteiger partial charge in [-0.2, -0.15) is 5.10 Å². The van der Waals surface area contributed by atoms with Crippen LogP contribution in [0.2, 0.25) is 0 Å². The zero-order valence-corrected chi connectivity index (χ0v) is 13.2. The van der Waals surface area contributed by atoms with Gasteiger partial charge in [0.25, 0.3) is 0 Å². The van der Waals surface area contributed by atoms with Crippen molar-refractivity contribution >= 4 is 11.7 Å². The third-order valence-corrected chi connectivity index (χ3v) is 4.27. The number of rotatable bonds is 4. The molecule has 0 bridgehead atoms. The molecular weight excluding hydrogens is 306 g/mol. The van der Waals surface area contributed by atoms with Crippen LogP contribution in [-0.2, 0) is 11.3 Å². The van der Waals surface area contributed by atoms with Gasteiger partial charge in [0.2, 0.25) is 5.91 Å². The maximum absolute atomic E-state index is 12.2. The predicted octanol–water partition coefficient (Wildman–Crippen LogP) is 3.01. The monoisotopic (exact) mass is 323 g/mol.